The van der Waals surface area contributed by atoms with E-state index in [-0.39, 0.29) is 0 Å². The molecule has 2 aliphatic rings. The van der Waals surface area contributed by atoms with Gasteiger partial charge in [-0.05, 0) is 67.7 Å². The second kappa shape index (κ2) is 10.1. The van der Waals surface area contributed by atoms with Crippen LogP contribution in [0.3, 0.4) is 0 Å². The van der Waals surface area contributed by atoms with Gasteiger partial charge in [0.05, 0.1) is 18.7 Å². The molecule has 6 rings (SSSR count). The molecule has 2 unspecified atom stereocenters. The maximum Gasteiger partial charge on any atom is 0.140 e. The van der Waals surface area contributed by atoms with E-state index in [1.54, 1.807) is 19.6 Å². The average molecular weight is 500 g/mol. The van der Waals surface area contributed by atoms with Crippen LogP contribution in [-0.4, -0.2) is 41.2 Å². The van der Waals surface area contributed by atoms with Gasteiger partial charge in [-0.25, -0.2) is 9.97 Å². The predicted octanol–water partition coefficient (Wildman–Crippen LogP) is 5.86. The fraction of sp³-hybridized carbons (Fsp3) is 0.414. The first-order chi connectivity index (χ1) is 17.7. The van der Waals surface area contributed by atoms with Gasteiger partial charge in [0.2, 0.25) is 0 Å². The number of hydrogen-bond donors (Lipinski definition) is 1. The van der Waals surface area contributed by atoms with Crippen molar-refractivity contribution in [2.45, 2.75) is 57.2 Å². The fourth-order valence-electron chi connectivity index (χ4n) is 5.31. The summed E-state index contributed by atoms with van der Waals surface area (Å²) in [6.07, 6.45) is 12.8. The Hall–Kier alpha value is -3.03. The molecule has 1 N–H and O–H groups in total. The molecular weight excluding hydrogens is 466 g/mol. The summed E-state index contributed by atoms with van der Waals surface area (Å²) in [6, 6.07) is 14.1. The van der Waals surface area contributed by atoms with Gasteiger partial charge in [-0.2, -0.15) is 0 Å². The number of benzene rings is 1. The van der Waals surface area contributed by atoms with Crippen LogP contribution in [0.4, 0.5) is 5.82 Å². The molecule has 7 heteroatoms. The molecule has 0 radical (unpaired) electrons. The zero-order chi connectivity index (χ0) is 24.5. The maximum atomic E-state index is 5.30. The highest BCUT2D eigenvalue weighted by molar-refractivity contribution is 7.18. The second-order valence-electron chi connectivity index (χ2n) is 10.2. The average Bonchev–Trinajstić information content (AvgIpc) is 3.43. The number of fused-ring (bicyclic) bond motifs is 1. The van der Waals surface area contributed by atoms with Crippen molar-refractivity contribution in [1.29, 1.82) is 0 Å². The van der Waals surface area contributed by atoms with Crippen LogP contribution in [0, 0.1) is 5.92 Å². The van der Waals surface area contributed by atoms with Crippen molar-refractivity contribution in [2.24, 2.45) is 5.92 Å². The lowest BCUT2D eigenvalue weighted by Gasteiger charge is -2.26. The molecule has 0 amide bonds. The quantitative estimate of drug-likeness (QED) is 0.311. The fourth-order valence-corrected chi connectivity index (χ4v) is 6.42. The molecule has 0 aliphatic heterocycles. The van der Waals surface area contributed by atoms with Crippen LogP contribution in [0.5, 0.6) is 5.75 Å². The van der Waals surface area contributed by atoms with Gasteiger partial charge in [0.25, 0.3) is 0 Å². The van der Waals surface area contributed by atoms with E-state index in [1.807, 2.05) is 23.6 Å². The minimum Gasteiger partial charge on any atom is -0.495 e. The Kier molecular flexibility index (Phi) is 6.59. The first-order valence-electron chi connectivity index (χ1n) is 12.9. The zero-order valence-corrected chi connectivity index (χ0v) is 21.8. The van der Waals surface area contributed by atoms with Crippen LogP contribution in [0.1, 0.15) is 42.5 Å². The molecular formula is C29H33N5OS. The third kappa shape index (κ3) is 5.08. The van der Waals surface area contributed by atoms with Crippen LogP contribution >= 0.6 is 11.3 Å². The number of nitrogens with zero attached hydrogens (tertiary/aromatic N) is 4. The van der Waals surface area contributed by atoms with Gasteiger partial charge in [0.15, 0.2) is 0 Å². The Morgan fingerprint density at radius 1 is 1.03 bits per heavy atom. The van der Waals surface area contributed by atoms with E-state index in [1.165, 1.54) is 47.9 Å². The van der Waals surface area contributed by atoms with Crippen LogP contribution in [0.25, 0.3) is 21.3 Å². The van der Waals surface area contributed by atoms with Gasteiger partial charge in [-0.15, -0.1) is 11.3 Å². The molecule has 0 saturated heterocycles. The normalized spacial score (nSPS) is 19.6. The lowest BCUT2D eigenvalue weighted by molar-refractivity contribution is 0.413. The Morgan fingerprint density at radius 3 is 2.69 bits per heavy atom. The molecule has 3 aromatic heterocycles. The number of thiophene rings is 1. The third-order valence-electron chi connectivity index (χ3n) is 7.66. The number of rotatable bonds is 9. The predicted molar refractivity (Wildman–Crippen MR) is 147 cm³/mol. The summed E-state index contributed by atoms with van der Waals surface area (Å²) in [5.41, 5.74) is 3.52. The molecule has 1 aromatic carbocycles. The summed E-state index contributed by atoms with van der Waals surface area (Å²) in [6.45, 7) is 0.880. The van der Waals surface area contributed by atoms with Gasteiger partial charge in [-0.3, -0.25) is 4.98 Å². The first-order valence-corrected chi connectivity index (χ1v) is 13.8. The molecule has 186 valence electrons. The van der Waals surface area contributed by atoms with Gasteiger partial charge >= 0.3 is 0 Å². The Morgan fingerprint density at radius 2 is 1.89 bits per heavy atom. The Bertz CT molecular complexity index is 1330. The Balaban J connectivity index is 1.06. The first kappa shape index (κ1) is 23.4. The monoisotopic (exact) mass is 499 g/mol. The van der Waals surface area contributed by atoms with E-state index in [9.17, 15) is 0 Å². The number of methoxy groups -OCH3 is 1. The van der Waals surface area contributed by atoms with Gasteiger partial charge in [-0.1, -0.05) is 24.3 Å². The minimum atomic E-state index is 0.496. The molecule has 2 aliphatic carbocycles. The largest absolute Gasteiger partial charge is 0.495 e. The van der Waals surface area contributed by atoms with Crippen molar-refractivity contribution < 1.29 is 4.74 Å². The molecule has 2 atom stereocenters. The summed E-state index contributed by atoms with van der Waals surface area (Å²) in [5, 5.41) is 5.02. The lowest BCUT2D eigenvalue weighted by atomic mass is 10.1. The van der Waals surface area contributed by atoms with Crippen molar-refractivity contribution in [3.63, 3.8) is 0 Å². The van der Waals surface area contributed by atoms with Crippen molar-refractivity contribution >= 4 is 27.4 Å². The van der Waals surface area contributed by atoms with Gasteiger partial charge in [0.1, 0.15) is 22.7 Å². The van der Waals surface area contributed by atoms with E-state index in [0.717, 1.165) is 46.4 Å². The molecule has 2 fully saturated rings. The van der Waals surface area contributed by atoms with Crippen molar-refractivity contribution in [1.82, 2.24) is 20.3 Å². The van der Waals surface area contributed by atoms with Gasteiger partial charge < -0.3 is 15.0 Å². The number of ether oxygens (including phenoxy) is 1. The van der Waals surface area contributed by atoms with Crippen LogP contribution < -0.4 is 15.0 Å². The molecule has 6 nitrogen and oxygen atoms in total. The summed E-state index contributed by atoms with van der Waals surface area (Å²) in [7, 11) is 3.88. The highest BCUT2D eigenvalue weighted by Gasteiger charge is 2.29. The van der Waals surface area contributed by atoms with Crippen LogP contribution in [0.15, 0.2) is 55.1 Å². The minimum absolute atomic E-state index is 0.496. The number of anilines is 1. The third-order valence-corrected chi connectivity index (χ3v) is 8.73. The van der Waals surface area contributed by atoms with Crippen LogP contribution in [0.2, 0.25) is 0 Å². The number of pyridine rings is 1. The van der Waals surface area contributed by atoms with Crippen molar-refractivity contribution in [3.8, 4) is 16.9 Å². The van der Waals surface area contributed by atoms with E-state index in [0.29, 0.717) is 12.1 Å². The second-order valence-corrected chi connectivity index (χ2v) is 11.4. The molecule has 4 aromatic rings. The summed E-state index contributed by atoms with van der Waals surface area (Å²) in [5.74, 6) is 2.76. The standard InChI is InChI=1S/C29H33N5OS/c1-34(28-27-14-26(11-19-3-4-19)36-29(27)33-18-32-28)24-10-9-23(13-24)31-15-20-5-7-21(8-6-20)22-12-25(35-2)17-30-16-22/h5-8,12,14,16-19,23-24,31H,3-4,9-11,13,15H2,1-2H3. The summed E-state index contributed by atoms with van der Waals surface area (Å²) in [4.78, 5) is 18.5. The maximum absolute atomic E-state index is 5.30. The topological polar surface area (TPSA) is 63.2 Å². The van der Waals surface area contributed by atoms with Crippen LogP contribution in [-0.2, 0) is 13.0 Å². The number of hydrogen-bond acceptors (Lipinski definition) is 7. The molecule has 0 spiro atoms. The zero-order valence-electron chi connectivity index (χ0n) is 21.0. The molecule has 36 heavy (non-hydrogen) atoms. The lowest BCUT2D eigenvalue weighted by Crippen LogP contribution is -2.33. The number of aromatic nitrogens is 3. The highest BCUT2D eigenvalue weighted by atomic mass is 32.1. The summed E-state index contributed by atoms with van der Waals surface area (Å²) < 4.78 is 5.30. The van der Waals surface area contributed by atoms with E-state index < -0.39 is 0 Å². The number of nitrogens with one attached hydrogen (secondary N) is 1. The Labute approximate surface area is 216 Å². The van der Waals surface area contributed by atoms with Crippen molar-refractivity contribution in [2.75, 3.05) is 19.1 Å². The molecule has 2 saturated carbocycles. The van der Waals surface area contributed by atoms with Gasteiger partial charge in [0, 0.05) is 42.3 Å². The smallest absolute Gasteiger partial charge is 0.140 e. The van der Waals surface area contributed by atoms with E-state index in [4.69, 9.17) is 9.72 Å². The van der Waals surface area contributed by atoms with E-state index in [2.05, 4.69) is 57.6 Å². The highest BCUT2D eigenvalue weighted by Crippen LogP contribution is 2.38. The van der Waals surface area contributed by atoms with Crippen molar-refractivity contribution in [3.05, 3.63) is 65.6 Å². The SMILES string of the molecule is COc1cncc(-c2ccc(CNC3CCC(N(C)c4ncnc5sc(CC6CC6)cc45)C3)cc2)c1. The van der Waals surface area contributed by atoms with E-state index >= 15 is 0 Å². The molecule has 0 bridgehead atoms. The summed E-state index contributed by atoms with van der Waals surface area (Å²) >= 11 is 1.85. The molecule has 3 heterocycles.